The molecule has 2 aliphatic heterocycles. The summed E-state index contributed by atoms with van der Waals surface area (Å²) in [6.07, 6.45) is 0.785. The molecule has 1 atom stereocenters. The third-order valence-corrected chi connectivity index (χ3v) is 4.67. The van der Waals surface area contributed by atoms with Crippen LogP contribution in [-0.4, -0.2) is 31.7 Å². The maximum Gasteiger partial charge on any atom is 0.231 e. The van der Waals surface area contributed by atoms with E-state index in [-0.39, 0.29) is 24.5 Å². The number of ether oxygens (including phenoxy) is 2. The van der Waals surface area contributed by atoms with Crippen LogP contribution in [-0.2, 0) is 16.0 Å². The lowest BCUT2D eigenvalue weighted by molar-refractivity contribution is -0.121. The molecule has 26 heavy (non-hydrogen) atoms. The van der Waals surface area contributed by atoms with E-state index < -0.39 is 0 Å². The van der Waals surface area contributed by atoms with Crippen LogP contribution in [0.3, 0.4) is 0 Å². The van der Waals surface area contributed by atoms with E-state index in [9.17, 15) is 9.59 Å². The highest BCUT2D eigenvalue weighted by Gasteiger charge is 2.31. The van der Waals surface area contributed by atoms with Crippen LogP contribution in [0.1, 0.15) is 12.0 Å². The number of rotatable bonds is 5. The largest absolute Gasteiger partial charge is 0.454 e. The first kappa shape index (κ1) is 16.4. The Balaban J connectivity index is 1.32. The van der Waals surface area contributed by atoms with Crippen molar-refractivity contribution in [2.45, 2.75) is 12.8 Å². The van der Waals surface area contributed by atoms with Crippen LogP contribution in [0.25, 0.3) is 0 Å². The highest BCUT2D eigenvalue weighted by atomic mass is 16.7. The molecule has 6 nitrogen and oxygen atoms in total. The molecule has 2 aromatic carbocycles. The number of hydrogen-bond acceptors (Lipinski definition) is 4. The summed E-state index contributed by atoms with van der Waals surface area (Å²) in [6, 6.07) is 15.1. The van der Waals surface area contributed by atoms with Gasteiger partial charge >= 0.3 is 0 Å². The summed E-state index contributed by atoms with van der Waals surface area (Å²) in [5, 5.41) is 2.94. The minimum Gasteiger partial charge on any atom is -0.454 e. The molecule has 134 valence electrons. The zero-order chi connectivity index (χ0) is 17.9. The number of fused-ring (bicyclic) bond motifs is 1. The highest BCUT2D eigenvalue weighted by molar-refractivity contribution is 5.96. The van der Waals surface area contributed by atoms with Crippen LogP contribution >= 0.6 is 0 Å². The van der Waals surface area contributed by atoms with Gasteiger partial charge in [-0.25, -0.2) is 0 Å². The Labute approximate surface area is 151 Å². The molecule has 1 fully saturated rings. The Kier molecular flexibility index (Phi) is 4.48. The monoisotopic (exact) mass is 352 g/mol. The molecule has 0 spiro atoms. The quantitative estimate of drug-likeness (QED) is 0.895. The number of hydrogen-bond donors (Lipinski definition) is 1. The molecule has 6 heteroatoms. The van der Waals surface area contributed by atoms with Gasteiger partial charge in [-0.15, -0.1) is 0 Å². The lowest BCUT2D eigenvalue weighted by atomic mass is 10.1. The number of nitrogens with one attached hydrogen (secondary N) is 1. The van der Waals surface area contributed by atoms with Crippen LogP contribution < -0.4 is 19.7 Å². The molecule has 2 aliphatic rings. The second-order valence-electron chi connectivity index (χ2n) is 6.58. The van der Waals surface area contributed by atoms with Crippen molar-refractivity contribution in [3.05, 3.63) is 54.1 Å². The van der Waals surface area contributed by atoms with Crippen molar-refractivity contribution in [1.29, 1.82) is 0 Å². The van der Waals surface area contributed by atoms with E-state index in [4.69, 9.17) is 9.47 Å². The van der Waals surface area contributed by atoms with E-state index in [0.29, 0.717) is 37.4 Å². The Bertz CT molecular complexity index is 822. The van der Waals surface area contributed by atoms with Crippen molar-refractivity contribution in [3.8, 4) is 11.5 Å². The van der Waals surface area contributed by atoms with Crippen LogP contribution in [0.5, 0.6) is 11.5 Å². The number of benzene rings is 2. The smallest absolute Gasteiger partial charge is 0.231 e. The normalized spacial score (nSPS) is 18.2. The van der Waals surface area contributed by atoms with Crippen molar-refractivity contribution in [2.75, 3.05) is 24.8 Å². The maximum atomic E-state index is 12.4. The standard InChI is InChI=1S/C20H20N2O4/c23-19(8-14-4-2-1-3-5-14)21-11-15-9-20(24)22(12-15)16-6-7-17-18(10-16)26-13-25-17/h1-7,10,15H,8-9,11-13H2,(H,21,23)/t15-/m0/s1. The predicted octanol–water partition coefficient (Wildman–Crippen LogP) is 2.13. The molecular weight excluding hydrogens is 332 g/mol. The van der Waals surface area contributed by atoms with Gasteiger partial charge < -0.3 is 19.7 Å². The topological polar surface area (TPSA) is 67.9 Å². The van der Waals surface area contributed by atoms with E-state index in [1.54, 1.807) is 4.90 Å². The molecule has 0 aliphatic carbocycles. The SMILES string of the molecule is O=C(Cc1ccccc1)NC[C@@H]1CC(=O)N(c2ccc3c(c2)OCO3)C1. The first-order valence-electron chi connectivity index (χ1n) is 8.69. The highest BCUT2D eigenvalue weighted by Crippen LogP contribution is 2.37. The van der Waals surface area contributed by atoms with Gasteiger partial charge in [-0.05, 0) is 17.7 Å². The van der Waals surface area contributed by atoms with Crippen molar-refractivity contribution in [3.63, 3.8) is 0 Å². The molecule has 2 aromatic rings. The van der Waals surface area contributed by atoms with Crippen LogP contribution in [0.15, 0.2) is 48.5 Å². The maximum absolute atomic E-state index is 12.4. The summed E-state index contributed by atoms with van der Waals surface area (Å²) in [6.45, 7) is 1.30. The number of anilines is 1. The average molecular weight is 352 g/mol. The Hall–Kier alpha value is -3.02. The minimum atomic E-state index is -0.0230. The first-order chi connectivity index (χ1) is 12.7. The minimum absolute atomic E-state index is 0.0230. The Morgan fingerprint density at radius 2 is 1.92 bits per heavy atom. The van der Waals surface area contributed by atoms with E-state index in [0.717, 1.165) is 11.3 Å². The summed E-state index contributed by atoms with van der Waals surface area (Å²) >= 11 is 0. The molecule has 0 unspecified atom stereocenters. The van der Waals surface area contributed by atoms with Crippen LogP contribution in [0.4, 0.5) is 5.69 Å². The third kappa shape index (κ3) is 3.49. The molecular formula is C20H20N2O4. The van der Waals surface area contributed by atoms with E-state index >= 15 is 0 Å². The third-order valence-electron chi connectivity index (χ3n) is 4.67. The number of nitrogens with zero attached hydrogens (tertiary/aromatic N) is 1. The van der Waals surface area contributed by atoms with Crippen molar-refractivity contribution >= 4 is 17.5 Å². The van der Waals surface area contributed by atoms with Gasteiger partial charge in [0.1, 0.15) is 0 Å². The summed E-state index contributed by atoms with van der Waals surface area (Å²) in [5.41, 5.74) is 1.78. The first-order valence-corrected chi connectivity index (χ1v) is 8.69. The van der Waals surface area contributed by atoms with Gasteiger partial charge in [0.25, 0.3) is 0 Å². The number of carbonyl (C=O) groups excluding carboxylic acids is 2. The van der Waals surface area contributed by atoms with Crippen molar-refractivity contribution in [1.82, 2.24) is 5.32 Å². The fraction of sp³-hybridized carbons (Fsp3) is 0.300. The summed E-state index contributed by atoms with van der Waals surface area (Å²) in [4.78, 5) is 26.2. The van der Waals surface area contributed by atoms with Crippen molar-refractivity contribution < 1.29 is 19.1 Å². The molecule has 1 N–H and O–H groups in total. The van der Waals surface area contributed by atoms with Gasteiger partial charge in [0.2, 0.25) is 18.6 Å². The van der Waals surface area contributed by atoms with Gasteiger partial charge in [-0.1, -0.05) is 30.3 Å². The fourth-order valence-electron chi connectivity index (χ4n) is 3.32. The van der Waals surface area contributed by atoms with E-state index in [2.05, 4.69) is 5.32 Å². The second kappa shape index (κ2) is 7.07. The Morgan fingerprint density at radius 1 is 1.12 bits per heavy atom. The van der Waals surface area contributed by atoms with Gasteiger partial charge in [0.15, 0.2) is 11.5 Å². The van der Waals surface area contributed by atoms with E-state index in [1.807, 2.05) is 48.5 Å². The zero-order valence-corrected chi connectivity index (χ0v) is 14.3. The van der Waals surface area contributed by atoms with Gasteiger partial charge in [-0.3, -0.25) is 9.59 Å². The summed E-state index contributed by atoms with van der Waals surface area (Å²) < 4.78 is 10.7. The molecule has 2 heterocycles. The molecule has 4 rings (SSSR count). The van der Waals surface area contributed by atoms with Gasteiger partial charge in [0, 0.05) is 37.2 Å². The molecule has 0 aromatic heterocycles. The molecule has 0 bridgehead atoms. The number of carbonyl (C=O) groups is 2. The molecule has 0 saturated carbocycles. The van der Waals surface area contributed by atoms with E-state index in [1.165, 1.54) is 0 Å². The Morgan fingerprint density at radius 3 is 2.77 bits per heavy atom. The van der Waals surface area contributed by atoms with Crippen LogP contribution in [0, 0.1) is 5.92 Å². The lowest BCUT2D eigenvalue weighted by Gasteiger charge is -2.17. The molecule has 0 radical (unpaired) electrons. The number of amides is 2. The summed E-state index contributed by atoms with van der Waals surface area (Å²) in [5.74, 6) is 1.50. The lowest BCUT2D eigenvalue weighted by Crippen LogP contribution is -2.32. The molecule has 2 amide bonds. The van der Waals surface area contributed by atoms with Crippen molar-refractivity contribution in [2.24, 2.45) is 5.92 Å². The van der Waals surface area contributed by atoms with Gasteiger partial charge in [0.05, 0.1) is 6.42 Å². The van der Waals surface area contributed by atoms with Crippen LogP contribution in [0.2, 0.25) is 0 Å². The molecule has 1 saturated heterocycles. The van der Waals surface area contributed by atoms with Gasteiger partial charge in [-0.2, -0.15) is 0 Å². The fourth-order valence-corrected chi connectivity index (χ4v) is 3.32. The zero-order valence-electron chi connectivity index (χ0n) is 14.3. The second-order valence-corrected chi connectivity index (χ2v) is 6.58. The average Bonchev–Trinajstić information content (AvgIpc) is 3.26. The predicted molar refractivity (Wildman–Crippen MR) is 96.2 cm³/mol. The summed E-state index contributed by atoms with van der Waals surface area (Å²) in [7, 11) is 0.